The minimum atomic E-state index is -0.171. The minimum absolute atomic E-state index is 0.171. The molecule has 0 aliphatic carbocycles. The largest absolute Gasteiger partial charge is 0.298 e. The first-order valence-electron chi connectivity index (χ1n) is 5.23. The van der Waals surface area contributed by atoms with Gasteiger partial charge in [0, 0.05) is 16.0 Å². The Morgan fingerprint density at radius 2 is 1.72 bits per heavy atom. The lowest BCUT2D eigenvalue weighted by atomic mass is 10.2. The molecule has 0 N–H and O–H groups in total. The Morgan fingerprint density at radius 3 is 2.44 bits per heavy atom. The summed E-state index contributed by atoms with van der Waals surface area (Å²) in [4.78, 5) is 23.6. The molecule has 0 spiro atoms. The number of halogens is 1. The normalized spacial score (nSPS) is 10.1. The van der Waals surface area contributed by atoms with Crippen LogP contribution in [0.25, 0.3) is 0 Å². The van der Waals surface area contributed by atoms with Crippen LogP contribution in [0.1, 0.15) is 20.7 Å². The van der Waals surface area contributed by atoms with Crippen molar-refractivity contribution in [3.05, 3.63) is 64.7 Å². The van der Waals surface area contributed by atoms with Crippen LogP contribution >= 0.6 is 23.4 Å². The predicted molar refractivity (Wildman–Crippen MR) is 73.5 cm³/mol. The molecule has 0 bridgehead atoms. The fraction of sp³-hybridized carbons (Fsp3) is 0. The van der Waals surface area contributed by atoms with Crippen molar-refractivity contribution in [3.63, 3.8) is 0 Å². The Balaban J connectivity index is 2.27. The second-order valence-electron chi connectivity index (χ2n) is 3.53. The summed E-state index contributed by atoms with van der Waals surface area (Å²) in [5, 5.41) is 0.244. The molecular formula is C14H9ClO2S. The average Bonchev–Trinajstić information content (AvgIpc) is 2.39. The molecule has 2 nitrogen and oxygen atoms in total. The predicted octanol–water partition coefficient (Wildman–Crippen LogP) is 4.09. The lowest BCUT2D eigenvalue weighted by Gasteiger charge is -2.04. The topological polar surface area (TPSA) is 34.1 Å². The number of carbonyl (C=O) groups is 2. The number of aldehydes is 1. The van der Waals surface area contributed by atoms with E-state index in [4.69, 9.17) is 11.6 Å². The molecular weight excluding hydrogens is 268 g/mol. The first kappa shape index (κ1) is 12.9. The smallest absolute Gasteiger partial charge is 0.225 e. The molecule has 0 aliphatic heterocycles. The van der Waals surface area contributed by atoms with Gasteiger partial charge in [0.2, 0.25) is 5.12 Å². The number of thioether (sulfide) groups is 1. The molecule has 4 heteroatoms. The third-order valence-corrected chi connectivity index (χ3v) is 3.67. The summed E-state index contributed by atoms with van der Waals surface area (Å²) in [6, 6.07) is 13.8. The number of benzene rings is 2. The van der Waals surface area contributed by atoms with Crippen LogP contribution in [0.4, 0.5) is 0 Å². The van der Waals surface area contributed by atoms with E-state index >= 15 is 0 Å². The van der Waals surface area contributed by atoms with Crippen molar-refractivity contribution in [2.75, 3.05) is 0 Å². The highest BCUT2D eigenvalue weighted by molar-refractivity contribution is 8.14. The van der Waals surface area contributed by atoms with Gasteiger partial charge < -0.3 is 0 Å². The highest BCUT2D eigenvalue weighted by Gasteiger charge is 2.13. The van der Waals surface area contributed by atoms with Gasteiger partial charge in [-0.15, -0.1) is 0 Å². The molecule has 0 aliphatic rings. The van der Waals surface area contributed by atoms with Crippen molar-refractivity contribution in [2.45, 2.75) is 4.90 Å². The molecule has 0 amide bonds. The van der Waals surface area contributed by atoms with E-state index in [-0.39, 0.29) is 5.12 Å². The fourth-order valence-electron chi connectivity index (χ4n) is 1.45. The fourth-order valence-corrected chi connectivity index (χ4v) is 2.60. The van der Waals surface area contributed by atoms with Gasteiger partial charge in [0.25, 0.3) is 0 Å². The summed E-state index contributed by atoms with van der Waals surface area (Å²) in [6.45, 7) is 0. The van der Waals surface area contributed by atoms with Gasteiger partial charge >= 0.3 is 0 Å². The molecule has 2 aromatic rings. The Hall–Kier alpha value is -1.58. The summed E-state index contributed by atoms with van der Waals surface area (Å²) in [7, 11) is 0. The van der Waals surface area contributed by atoms with Crippen LogP contribution < -0.4 is 0 Å². The highest BCUT2D eigenvalue weighted by Crippen LogP contribution is 2.28. The van der Waals surface area contributed by atoms with Crippen LogP contribution in [0.2, 0.25) is 5.02 Å². The Kier molecular flexibility index (Phi) is 4.18. The summed E-state index contributed by atoms with van der Waals surface area (Å²) in [5.41, 5.74) is 0.952. The van der Waals surface area contributed by atoms with E-state index < -0.39 is 0 Å². The van der Waals surface area contributed by atoms with Gasteiger partial charge in [0.1, 0.15) is 0 Å². The van der Waals surface area contributed by atoms with Gasteiger partial charge in [0.05, 0.1) is 5.02 Å². The molecule has 0 radical (unpaired) electrons. The summed E-state index contributed by atoms with van der Waals surface area (Å²) < 4.78 is 0. The zero-order chi connectivity index (χ0) is 13.0. The molecule has 0 unspecified atom stereocenters. The summed E-state index contributed by atoms with van der Waals surface area (Å²) >= 11 is 6.96. The SMILES string of the molecule is O=Cc1ccccc1SC(=O)c1ccccc1Cl. The maximum absolute atomic E-state index is 12.1. The lowest BCUT2D eigenvalue weighted by Crippen LogP contribution is -1.95. The number of rotatable bonds is 3. The van der Waals surface area contributed by atoms with Crippen molar-refractivity contribution < 1.29 is 9.59 Å². The van der Waals surface area contributed by atoms with Gasteiger partial charge in [0.15, 0.2) is 6.29 Å². The molecule has 90 valence electrons. The molecule has 0 aromatic heterocycles. The summed E-state index contributed by atoms with van der Waals surface area (Å²) in [5.74, 6) is 0. The van der Waals surface area contributed by atoms with E-state index in [1.165, 1.54) is 0 Å². The third kappa shape index (κ3) is 2.81. The first-order chi connectivity index (χ1) is 8.72. The van der Waals surface area contributed by atoms with E-state index in [0.717, 1.165) is 18.0 Å². The van der Waals surface area contributed by atoms with E-state index in [1.54, 1.807) is 48.5 Å². The molecule has 0 saturated carbocycles. The van der Waals surface area contributed by atoms with E-state index in [1.807, 2.05) is 0 Å². The van der Waals surface area contributed by atoms with Crippen molar-refractivity contribution in [1.82, 2.24) is 0 Å². The van der Waals surface area contributed by atoms with Gasteiger partial charge in [-0.25, -0.2) is 0 Å². The van der Waals surface area contributed by atoms with Gasteiger partial charge in [-0.05, 0) is 30.0 Å². The quantitative estimate of drug-likeness (QED) is 0.626. The van der Waals surface area contributed by atoms with E-state index in [2.05, 4.69) is 0 Å². The number of carbonyl (C=O) groups excluding carboxylic acids is 2. The van der Waals surface area contributed by atoms with Crippen LogP contribution in [0, 0.1) is 0 Å². The second-order valence-corrected chi connectivity index (χ2v) is 4.95. The minimum Gasteiger partial charge on any atom is -0.298 e. The van der Waals surface area contributed by atoms with Crippen molar-refractivity contribution in [1.29, 1.82) is 0 Å². The second kappa shape index (κ2) is 5.85. The molecule has 0 heterocycles. The van der Waals surface area contributed by atoms with Crippen molar-refractivity contribution in [3.8, 4) is 0 Å². The van der Waals surface area contributed by atoms with Gasteiger partial charge in [-0.3, -0.25) is 9.59 Å². The molecule has 2 rings (SSSR count). The lowest BCUT2D eigenvalue weighted by molar-refractivity contribution is 0.108. The standard InChI is InChI=1S/C14H9ClO2S/c15-12-7-3-2-6-11(12)14(17)18-13-8-4-1-5-10(13)9-16/h1-9H. The molecule has 0 fully saturated rings. The van der Waals surface area contributed by atoms with Crippen LogP contribution in [-0.2, 0) is 0 Å². The van der Waals surface area contributed by atoms with Crippen molar-refractivity contribution >= 4 is 34.8 Å². The van der Waals surface area contributed by atoms with Crippen molar-refractivity contribution in [2.24, 2.45) is 0 Å². The maximum Gasteiger partial charge on any atom is 0.225 e. The zero-order valence-corrected chi connectivity index (χ0v) is 10.9. The highest BCUT2D eigenvalue weighted by atomic mass is 35.5. The van der Waals surface area contributed by atoms with Gasteiger partial charge in [-0.1, -0.05) is 41.9 Å². The number of hydrogen-bond donors (Lipinski definition) is 0. The van der Waals surface area contributed by atoms with E-state index in [9.17, 15) is 9.59 Å². The zero-order valence-electron chi connectivity index (χ0n) is 9.30. The third-order valence-electron chi connectivity index (χ3n) is 2.34. The molecule has 2 aromatic carbocycles. The van der Waals surface area contributed by atoms with Crippen LogP contribution in [0.3, 0.4) is 0 Å². The van der Waals surface area contributed by atoms with Gasteiger partial charge in [-0.2, -0.15) is 0 Å². The molecule has 0 atom stereocenters. The van der Waals surface area contributed by atoms with Crippen LogP contribution in [0.5, 0.6) is 0 Å². The monoisotopic (exact) mass is 276 g/mol. The Bertz CT molecular complexity index is 596. The maximum atomic E-state index is 12.1. The van der Waals surface area contributed by atoms with E-state index in [0.29, 0.717) is 21.0 Å². The average molecular weight is 277 g/mol. The van der Waals surface area contributed by atoms with Crippen LogP contribution in [-0.4, -0.2) is 11.4 Å². The first-order valence-corrected chi connectivity index (χ1v) is 6.42. The Labute approximate surface area is 114 Å². The van der Waals surface area contributed by atoms with Crippen LogP contribution in [0.15, 0.2) is 53.4 Å². The Morgan fingerprint density at radius 1 is 1.06 bits per heavy atom. The molecule has 0 saturated heterocycles. The molecule has 18 heavy (non-hydrogen) atoms. The summed E-state index contributed by atoms with van der Waals surface area (Å²) in [6.07, 6.45) is 0.738. The number of hydrogen-bond acceptors (Lipinski definition) is 3.